The van der Waals surface area contributed by atoms with E-state index in [0.29, 0.717) is 30.1 Å². The molecule has 164 valence electrons. The average Bonchev–Trinajstić information content (AvgIpc) is 2.85. The van der Waals surface area contributed by atoms with E-state index >= 15 is 0 Å². The number of carbonyl (C=O) groups is 1. The van der Waals surface area contributed by atoms with Crippen molar-refractivity contribution in [3.8, 4) is 0 Å². The average molecular weight is 427 g/mol. The van der Waals surface area contributed by atoms with Gasteiger partial charge in [0.15, 0.2) is 0 Å². The maximum absolute atomic E-state index is 11.7. The van der Waals surface area contributed by atoms with Crippen molar-refractivity contribution in [2.45, 2.75) is 37.4 Å². The quantitative estimate of drug-likeness (QED) is 0.571. The zero-order valence-electron chi connectivity index (χ0n) is 18.2. The second kappa shape index (κ2) is 9.27. The second-order valence-electron chi connectivity index (χ2n) is 9.03. The van der Waals surface area contributed by atoms with Crippen molar-refractivity contribution in [2.75, 3.05) is 13.1 Å². The first-order chi connectivity index (χ1) is 15.7. The van der Waals surface area contributed by atoms with Gasteiger partial charge in [-0.3, -0.25) is 4.90 Å². The number of aromatic carboxylic acids is 1. The molecule has 3 heterocycles. The highest BCUT2D eigenvalue weighted by Crippen LogP contribution is 2.42. The van der Waals surface area contributed by atoms with Gasteiger partial charge in [-0.15, -0.1) is 0 Å². The summed E-state index contributed by atoms with van der Waals surface area (Å²) in [4.78, 5) is 14.4. The van der Waals surface area contributed by atoms with E-state index in [9.17, 15) is 9.90 Å². The van der Waals surface area contributed by atoms with Gasteiger partial charge in [-0.1, -0.05) is 78.9 Å². The van der Waals surface area contributed by atoms with Gasteiger partial charge >= 0.3 is 5.97 Å². The van der Waals surface area contributed by atoms with Gasteiger partial charge in [0.1, 0.15) is 0 Å². The van der Waals surface area contributed by atoms with E-state index in [0.717, 1.165) is 18.7 Å². The first-order valence-corrected chi connectivity index (χ1v) is 11.6. The summed E-state index contributed by atoms with van der Waals surface area (Å²) in [7, 11) is 0. The molecular formula is C28H30N2O2. The number of carboxylic acids is 1. The lowest BCUT2D eigenvalue weighted by Gasteiger charge is -2.54. The Morgan fingerprint density at radius 3 is 2.03 bits per heavy atom. The molecule has 0 unspecified atom stereocenters. The number of hydrogen-bond donors (Lipinski definition) is 2. The zero-order chi connectivity index (χ0) is 21.9. The molecule has 4 heteroatoms. The van der Waals surface area contributed by atoms with Crippen LogP contribution in [0.2, 0.25) is 0 Å². The van der Waals surface area contributed by atoms with Crippen LogP contribution in [0.15, 0.2) is 84.9 Å². The molecule has 0 aromatic heterocycles. The van der Waals surface area contributed by atoms with Crippen molar-refractivity contribution >= 4 is 5.97 Å². The van der Waals surface area contributed by atoms with Crippen LogP contribution in [0.25, 0.3) is 0 Å². The van der Waals surface area contributed by atoms with E-state index in [-0.39, 0.29) is 5.92 Å². The predicted molar refractivity (Wildman–Crippen MR) is 127 cm³/mol. The van der Waals surface area contributed by atoms with Gasteiger partial charge in [0.25, 0.3) is 0 Å². The molecule has 0 spiro atoms. The lowest BCUT2D eigenvalue weighted by molar-refractivity contribution is 0.00464. The van der Waals surface area contributed by atoms with Crippen LogP contribution in [0.4, 0.5) is 0 Å². The number of rotatable bonds is 7. The molecule has 3 saturated heterocycles. The minimum Gasteiger partial charge on any atom is -0.478 e. The summed E-state index contributed by atoms with van der Waals surface area (Å²) in [5.74, 6) is 0.0175. The van der Waals surface area contributed by atoms with Crippen LogP contribution in [0, 0.1) is 5.92 Å². The third kappa shape index (κ3) is 4.08. The highest BCUT2D eigenvalue weighted by molar-refractivity contribution is 5.89. The lowest BCUT2D eigenvalue weighted by Crippen LogP contribution is -2.64. The number of hydrogen-bond acceptors (Lipinski definition) is 3. The molecule has 3 aliphatic rings. The molecule has 3 aromatic carbocycles. The Balaban J connectivity index is 1.49. The summed E-state index contributed by atoms with van der Waals surface area (Å²) in [6.07, 6.45) is 2.40. The Kier molecular flexibility index (Phi) is 6.06. The van der Waals surface area contributed by atoms with Crippen LogP contribution in [-0.2, 0) is 6.54 Å². The van der Waals surface area contributed by atoms with Crippen molar-refractivity contribution in [3.63, 3.8) is 0 Å². The predicted octanol–water partition coefficient (Wildman–Crippen LogP) is 4.77. The molecule has 2 atom stereocenters. The zero-order valence-corrected chi connectivity index (χ0v) is 18.2. The smallest absolute Gasteiger partial charge is 0.336 e. The number of benzene rings is 3. The van der Waals surface area contributed by atoms with Gasteiger partial charge in [-0.05, 0) is 54.6 Å². The summed E-state index contributed by atoms with van der Waals surface area (Å²) in [6.45, 7) is 2.84. The van der Waals surface area contributed by atoms with E-state index in [1.807, 2.05) is 12.1 Å². The molecule has 3 aliphatic heterocycles. The van der Waals surface area contributed by atoms with Crippen molar-refractivity contribution in [3.05, 3.63) is 107 Å². The minimum absolute atomic E-state index is 0.271. The van der Waals surface area contributed by atoms with E-state index < -0.39 is 5.97 Å². The summed E-state index contributed by atoms with van der Waals surface area (Å²) < 4.78 is 0. The van der Waals surface area contributed by atoms with Crippen molar-refractivity contribution in [1.82, 2.24) is 10.2 Å². The molecule has 0 aliphatic carbocycles. The standard InChI is InChI=1S/C28H30N2O2/c31-28(32)24-14-8-7-13-23(24)19-29-26-22-15-17-30(18-16-22)27(26)25(20-9-3-1-4-10-20)21-11-5-2-6-12-21/h1-14,22,25-27,29H,15-19H2,(H,31,32)/t26-,27+/m1/s1. The van der Waals surface area contributed by atoms with E-state index in [2.05, 4.69) is 70.9 Å². The molecule has 0 amide bonds. The Bertz CT molecular complexity index is 1010. The Labute approximate surface area is 189 Å². The van der Waals surface area contributed by atoms with Gasteiger partial charge in [-0.25, -0.2) is 4.79 Å². The molecule has 32 heavy (non-hydrogen) atoms. The number of nitrogens with one attached hydrogen (secondary N) is 1. The molecule has 3 fully saturated rings. The maximum atomic E-state index is 11.7. The number of fused-ring (bicyclic) bond motifs is 3. The largest absolute Gasteiger partial charge is 0.478 e. The summed E-state index contributed by atoms with van der Waals surface area (Å²) >= 11 is 0. The van der Waals surface area contributed by atoms with Crippen molar-refractivity contribution in [1.29, 1.82) is 0 Å². The highest BCUT2D eigenvalue weighted by Gasteiger charge is 2.46. The second-order valence-corrected chi connectivity index (χ2v) is 9.03. The number of carboxylic acid groups (broad SMARTS) is 1. The monoisotopic (exact) mass is 426 g/mol. The summed E-state index contributed by atoms with van der Waals surface area (Å²) in [5, 5.41) is 13.4. The molecule has 0 saturated carbocycles. The van der Waals surface area contributed by atoms with E-state index in [1.54, 1.807) is 12.1 Å². The Morgan fingerprint density at radius 1 is 0.875 bits per heavy atom. The van der Waals surface area contributed by atoms with Gasteiger partial charge in [0, 0.05) is 24.5 Å². The number of nitrogens with zero attached hydrogens (tertiary/aromatic N) is 1. The van der Waals surface area contributed by atoms with Crippen molar-refractivity contribution < 1.29 is 9.90 Å². The molecule has 0 radical (unpaired) electrons. The first-order valence-electron chi connectivity index (χ1n) is 11.6. The van der Waals surface area contributed by atoms with Crippen molar-refractivity contribution in [2.24, 2.45) is 5.92 Å². The highest BCUT2D eigenvalue weighted by atomic mass is 16.4. The summed E-state index contributed by atoms with van der Waals surface area (Å²) in [6, 6.07) is 29.7. The van der Waals surface area contributed by atoms with Gasteiger partial charge in [-0.2, -0.15) is 0 Å². The van der Waals surface area contributed by atoms with Gasteiger partial charge in [0.2, 0.25) is 0 Å². The summed E-state index contributed by atoms with van der Waals surface area (Å²) in [5.41, 5.74) is 3.93. The van der Waals surface area contributed by atoms with Gasteiger partial charge in [0.05, 0.1) is 5.56 Å². The maximum Gasteiger partial charge on any atom is 0.336 e. The van der Waals surface area contributed by atoms with Crippen LogP contribution < -0.4 is 5.32 Å². The third-order valence-corrected chi connectivity index (χ3v) is 7.31. The van der Waals surface area contributed by atoms with E-state index in [4.69, 9.17) is 0 Å². The molecule has 2 N–H and O–H groups in total. The molecular weight excluding hydrogens is 396 g/mol. The SMILES string of the molecule is O=C(O)c1ccccc1CN[C@@H]1C2CCN(CC2)[C@H]1C(c1ccccc1)c1ccccc1. The fourth-order valence-corrected chi connectivity index (χ4v) is 5.81. The lowest BCUT2D eigenvalue weighted by atomic mass is 9.70. The third-order valence-electron chi connectivity index (χ3n) is 7.31. The molecule has 2 bridgehead atoms. The topological polar surface area (TPSA) is 52.6 Å². The number of piperidine rings is 3. The normalized spacial score (nSPS) is 24.5. The van der Waals surface area contributed by atoms with Crippen LogP contribution in [0.1, 0.15) is 45.8 Å². The van der Waals surface area contributed by atoms with Crippen LogP contribution >= 0.6 is 0 Å². The Morgan fingerprint density at radius 2 is 1.44 bits per heavy atom. The van der Waals surface area contributed by atoms with Crippen LogP contribution in [0.3, 0.4) is 0 Å². The minimum atomic E-state index is -0.862. The molecule has 6 rings (SSSR count). The van der Waals surface area contributed by atoms with Crippen LogP contribution in [0.5, 0.6) is 0 Å². The Hall–Kier alpha value is -2.95. The van der Waals surface area contributed by atoms with Crippen LogP contribution in [-0.4, -0.2) is 41.1 Å². The fraction of sp³-hybridized carbons (Fsp3) is 0.321. The molecule has 4 nitrogen and oxygen atoms in total. The molecule has 3 aromatic rings. The fourth-order valence-electron chi connectivity index (χ4n) is 5.81. The van der Waals surface area contributed by atoms with Gasteiger partial charge < -0.3 is 10.4 Å². The first kappa shape index (κ1) is 20.9. The van der Waals surface area contributed by atoms with E-state index in [1.165, 1.54) is 24.0 Å².